The second-order valence-corrected chi connectivity index (χ2v) is 1.84. The molecule has 0 aliphatic heterocycles. The van der Waals surface area contributed by atoms with Crippen molar-refractivity contribution < 1.29 is 13.9 Å². The van der Waals surface area contributed by atoms with Gasteiger partial charge >= 0.3 is 0 Å². The summed E-state index contributed by atoms with van der Waals surface area (Å²) >= 11 is 0. The first kappa shape index (κ1) is 7.15. The van der Waals surface area contributed by atoms with Gasteiger partial charge in [-0.1, -0.05) is 0 Å². The van der Waals surface area contributed by atoms with Crippen molar-refractivity contribution in [2.45, 2.75) is 6.61 Å². The number of aliphatic hydroxyl groups excluding tert-OH is 1. The number of hydrogen-bond donors (Lipinski definition) is 1. The normalized spacial score (nSPS) is 9.90. The van der Waals surface area contributed by atoms with Crippen LogP contribution >= 0.6 is 0 Å². The quantitative estimate of drug-likeness (QED) is 0.627. The SMILES string of the molecule is OCc1cc(F)[c]c(F)c1. The molecule has 10 heavy (non-hydrogen) atoms. The smallest absolute Gasteiger partial charge is 0.134 e. The Morgan fingerprint density at radius 3 is 2.20 bits per heavy atom. The van der Waals surface area contributed by atoms with Crippen LogP contribution in [0.5, 0.6) is 0 Å². The molecule has 0 heterocycles. The van der Waals surface area contributed by atoms with Gasteiger partial charge in [-0.05, 0) is 17.7 Å². The van der Waals surface area contributed by atoms with Gasteiger partial charge in [0, 0.05) is 0 Å². The summed E-state index contributed by atoms with van der Waals surface area (Å²) in [6.07, 6.45) is 0. The average molecular weight is 143 g/mol. The molecule has 0 unspecified atom stereocenters. The summed E-state index contributed by atoms with van der Waals surface area (Å²) in [4.78, 5) is 0. The van der Waals surface area contributed by atoms with E-state index < -0.39 is 11.6 Å². The maximum atomic E-state index is 12.2. The van der Waals surface area contributed by atoms with Crippen LogP contribution in [0.4, 0.5) is 8.78 Å². The summed E-state index contributed by atoms with van der Waals surface area (Å²) in [6.45, 7) is -0.359. The van der Waals surface area contributed by atoms with Crippen molar-refractivity contribution in [1.29, 1.82) is 0 Å². The Morgan fingerprint density at radius 1 is 1.30 bits per heavy atom. The second kappa shape index (κ2) is 2.75. The Balaban J connectivity index is 3.06. The van der Waals surface area contributed by atoms with Crippen LogP contribution in [0.15, 0.2) is 12.1 Å². The van der Waals surface area contributed by atoms with Crippen LogP contribution in [-0.4, -0.2) is 5.11 Å². The Kier molecular flexibility index (Phi) is 1.97. The van der Waals surface area contributed by atoms with Crippen LogP contribution in [-0.2, 0) is 6.61 Å². The highest BCUT2D eigenvalue weighted by Crippen LogP contribution is 2.06. The van der Waals surface area contributed by atoms with Crippen LogP contribution in [0.3, 0.4) is 0 Å². The topological polar surface area (TPSA) is 20.2 Å². The predicted molar refractivity (Wildman–Crippen MR) is 31.1 cm³/mol. The van der Waals surface area contributed by atoms with Crippen LogP contribution in [0.1, 0.15) is 5.56 Å². The number of hydrogen-bond acceptors (Lipinski definition) is 1. The first-order valence-electron chi connectivity index (χ1n) is 2.70. The zero-order valence-electron chi connectivity index (χ0n) is 5.06. The van der Waals surface area contributed by atoms with Gasteiger partial charge in [0.15, 0.2) is 0 Å². The fourth-order valence-electron chi connectivity index (χ4n) is 0.645. The van der Waals surface area contributed by atoms with Crippen LogP contribution < -0.4 is 0 Å². The van der Waals surface area contributed by atoms with Gasteiger partial charge < -0.3 is 5.11 Å². The summed E-state index contributed by atoms with van der Waals surface area (Å²) in [5.74, 6) is -1.58. The lowest BCUT2D eigenvalue weighted by Crippen LogP contribution is -1.87. The number of benzene rings is 1. The summed E-state index contributed by atoms with van der Waals surface area (Å²) in [7, 11) is 0. The van der Waals surface area contributed by atoms with Gasteiger partial charge in [-0.2, -0.15) is 0 Å². The highest BCUT2D eigenvalue weighted by molar-refractivity contribution is 5.15. The van der Waals surface area contributed by atoms with E-state index in [2.05, 4.69) is 0 Å². The van der Waals surface area contributed by atoms with Crippen molar-refractivity contribution >= 4 is 0 Å². The lowest BCUT2D eigenvalue weighted by Gasteiger charge is -1.94. The van der Waals surface area contributed by atoms with E-state index in [9.17, 15) is 8.78 Å². The maximum Gasteiger partial charge on any atom is 0.134 e. The summed E-state index contributed by atoms with van der Waals surface area (Å²) in [5, 5.41) is 8.44. The molecule has 0 saturated heterocycles. The van der Waals surface area contributed by atoms with Crippen LogP contribution in [0, 0.1) is 17.7 Å². The fourth-order valence-corrected chi connectivity index (χ4v) is 0.645. The molecule has 0 aliphatic carbocycles. The molecule has 0 fully saturated rings. The largest absolute Gasteiger partial charge is 0.392 e. The molecule has 1 N–H and O–H groups in total. The van der Waals surface area contributed by atoms with Crippen molar-refractivity contribution in [2.24, 2.45) is 0 Å². The third kappa shape index (κ3) is 1.51. The Bertz CT molecular complexity index is 215. The van der Waals surface area contributed by atoms with Crippen molar-refractivity contribution in [1.82, 2.24) is 0 Å². The van der Waals surface area contributed by atoms with Gasteiger partial charge in [-0.25, -0.2) is 8.78 Å². The van der Waals surface area contributed by atoms with Crippen molar-refractivity contribution in [2.75, 3.05) is 0 Å². The summed E-state index contributed by atoms with van der Waals surface area (Å²) < 4.78 is 24.4. The minimum absolute atomic E-state index is 0.216. The molecule has 0 atom stereocenters. The molecule has 3 heteroatoms. The lowest BCUT2D eigenvalue weighted by molar-refractivity contribution is 0.280. The highest BCUT2D eigenvalue weighted by Gasteiger charge is 1.98. The molecular weight excluding hydrogens is 138 g/mol. The molecule has 1 nitrogen and oxygen atoms in total. The molecule has 1 radical (unpaired) electrons. The van der Waals surface area contributed by atoms with Gasteiger partial charge in [0.2, 0.25) is 0 Å². The van der Waals surface area contributed by atoms with E-state index in [1.165, 1.54) is 0 Å². The lowest BCUT2D eigenvalue weighted by atomic mass is 10.2. The third-order valence-electron chi connectivity index (χ3n) is 1.05. The van der Waals surface area contributed by atoms with E-state index in [0.717, 1.165) is 12.1 Å². The molecule has 1 aromatic carbocycles. The molecule has 1 rings (SSSR count). The standard InChI is InChI=1S/C7H5F2O/c8-6-1-5(4-10)2-7(9)3-6/h1-2,10H,4H2. The molecule has 0 aromatic heterocycles. The van der Waals surface area contributed by atoms with Crippen molar-refractivity contribution in [3.63, 3.8) is 0 Å². The van der Waals surface area contributed by atoms with Crippen LogP contribution in [0.2, 0.25) is 0 Å². The molecule has 1 aromatic rings. The number of aliphatic hydroxyl groups is 1. The van der Waals surface area contributed by atoms with E-state index in [-0.39, 0.29) is 12.2 Å². The first-order chi connectivity index (χ1) is 4.72. The fraction of sp³-hybridized carbons (Fsp3) is 0.143. The zero-order chi connectivity index (χ0) is 7.56. The zero-order valence-corrected chi connectivity index (χ0v) is 5.06. The van der Waals surface area contributed by atoms with Gasteiger partial charge in [0.1, 0.15) is 11.6 Å². The van der Waals surface area contributed by atoms with Crippen LogP contribution in [0.25, 0.3) is 0 Å². The molecule has 0 spiro atoms. The number of rotatable bonds is 1. The van der Waals surface area contributed by atoms with Gasteiger partial charge in [0.05, 0.1) is 12.7 Å². The molecule has 0 amide bonds. The summed E-state index contributed by atoms with van der Waals surface area (Å²) in [5.41, 5.74) is 0.216. The second-order valence-electron chi connectivity index (χ2n) is 1.84. The molecular formula is C7H5F2O. The minimum atomic E-state index is -0.788. The van der Waals surface area contributed by atoms with E-state index in [4.69, 9.17) is 5.11 Å². The molecule has 53 valence electrons. The Morgan fingerprint density at radius 2 is 1.80 bits per heavy atom. The van der Waals surface area contributed by atoms with Gasteiger partial charge in [-0.3, -0.25) is 0 Å². The summed E-state index contributed by atoms with van der Waals surface area (Å²) in [6, 6.07) is 3.86. The highest BCUT2D eigenvalue weighted by atomic mass is 19.1. The van der Waals surface area contributed by atoms with Gasteiger partial charge in [-0.15, -0.1) is 0 Å². The van der Waals surface area contributed by atoms with E-state index in [0.29, 0.717) is 0 Å². The maximum absolute atomic E-state index is 12.2. The first-order valence-corrected chi connectivity index (χ1v) is 2.70. The molecule has 0 aliphatic rings. The monoisotopic (exact) mass is 143 g/mol. The van der Waals surface area contributed by atoms with Gasteiger partial charge in [0.25, 0.3) is 0 Å². The van der Waals surface area contributed by atoms with Crippen molar-refractivity contribution in [3.05, 3.63) is 35.4 Å². The predicted octanol–water partition coefficient (Wildman–Crippen LogP) is 1.26. The Hall–Kier alpha value is -0.960. The molecule has 0 saturated carbocycles. The Labute approximate surface area is 56.9 Å². The minimum Gasteiger partial charge on any atom is -0.392 e. The van der Waals surface area contributed by atoms with Crippen molar-refractivity contribution in [3.8, 4) is 0 Å². The third-order valence-corrected chi connectivity index (χ3v) is 1.05. The van der Waals surface area contributed by atoms with E-state index >= 15 is 0 Å². The number of halogens is 2. The van der Waals surface area contributed by atoms with E-state index in [1.807, 2.05) is 0 Å². The molecule has 0 bridgehead atoms. The average Bonchev–Trinajstić information content (AvgIpc) is 1.85. The van der Waals surface area contributed by atoms with E-state index in [1.54, 1.807) is 6.07 Å².